The molecule has 0 spiro atoms. The zero-order chi connectivity index (χ0) is 21.6. The topological polar surface area (TPSA) is 59.4 Å². The summed E-state index contributed by atoms with van der Waals surface area (Å²) in [6.07, 6.45) is 4.76. The molecule has 1 fully saturated rings. The third-order valence-electron chi connectivity index (χ3n) is 6.31. The summed E-state index contributed by atoms with van der Waals surface area (Å²) >= 11 is 0. The smallest absolute Gasteiger partial charge is 0.269 e. The molecule has 1 aliphatic rings. The Kier molecular flexibility index (Phi) is 6.99. The Morgan fingerprint density at radius 1 is 1.06 bits per heavy atom. The first-order valence-electron chi connectivity index (χ1n) is 11.2. The van der Waals surface area contributed by atoms with Crippen molar-refractivity contribution >= 4 is 11.0 Å². The number of hydrogen-bond acceptors (Lipinski definition) is 5. The van der Waals surface area contributed by atoms with Gasteiger partial charge in [-0.15, -0.1) is 0 Å². The molecular formula is C25H32N4O2. The van der Waals surface area contributed by atoms with E-state index in [4.69, 9.17) is 4.74 Å². The van der Waals surface area contributed by atoms with Crippen molar-refractivity contribution in [2.75, 3.05) is 26.7 Å². The van der Waals surface area contributed by atoms with Crippen LogP contribution in [0.15, 0.2) is 53.5 Å². The Morgan fingerprint density at radius 3 is 2.52 bits per heavy atom. The van der Waals surface area contributed by atoms with E-state index in [0.29, 0.717) is 12.6 Å². The fraction of sp³-hybridized carbons (Fsp3) is 0.440. The van der Waals surface area contributed by atoms with Crippen LogP contribution in [0.2, 0.25) is 0 Å². The lowest BCUT2D eigenvalue weighted by atomic mass is 10.0. The highest BCUT2D eigenvalue weighted by Gasteiger charge is 2.19. The number of nitrogens with zero attached hydrogens (tertiary/aromatic N) is 3. The number of rotatable bonds is 8. The molecule has 0 radical (unpaired) electrons. The summed E-state index contributed by atoms with van der Waals surface area (Å²) in [5, 5.41) is 3.71. The molecule has 0 amide bonds. The van der Waals surface area contributed by atoms with Gasteiger partial charge in [-0.1, -0.05) is 31.2 Å². The van der Waals surface area contributed by atoms with Crippen LogP contribution in [0.4, 0.5) is 0 Å². The molecule has 3 aromatic rings. The Hall–Kier alpha value is -2.70. The predicted octanol–water partition coefficient (Wildman–Crippen LogP) is 3.22. The first kappa shape index (κ1) is 21.5. The summed E-state index contributed by atoms with van der Waals surface area (Å²) in [4.78, 5) is 19.2. The van der Waals surface area contributed by atoms with Crippen molar-refractivity contribution in [1.82, 2.24) is 19.8 Å². The number of ether oxygens (including phenoxy) is 1. The highest BCUT2D eigenvalue weighted by Crippen LogP contribution is 2.18. The lowest BCUT2D eigenvalue weighted by molar-refractivity contribution is 0.191. The second-order valence-corrected chi connectivity index (χ2v) is 8.27. The molecule has 0 atom stereocenters. The van der Waals surface area contributed by atoms with Gasteiger partial charge in [0.15, 0.2) is 0 Å². The van der Waals surface area contributed by atoms with Crippen LogP contribution in [0, 0.1) is 0 Å². The average Bonchev–Trinajstić information content (AvgIpc) is 2.82. The number of benzene rings is 2. The summed E-state index contributed by atoms with van der Waals surface area (Å²) in [5.74, 6) is 0.741. The predicted molar refractivity (Wildman–Crippen MR) is 125 cm³/mol. The second kappa shape index (κ2) is 10.1. The lowest BCUT2D eigenvalue weighted by Gasteiger charge is -2.32. The third kappa shape index (κ3) is 5.32. The number of aryl methyl sites for hydroxylation is 1. The Morgan fingerprint density at radius 2 is 1.81 bits per heavy atom. The van der Waals surface area contributed by atoms with Gasteiger partial charge in [-0.05, 0) is 55.6 Å². The number of nitrogens with one attached hydrogen (secondary N) is 1. The van der Waals surface area contributed by atoms with E-state index >= 15 is 0 Å². The average molecular weight is 421 g/mol. The highest BCUT2D eigenvalue weighted by molar-refractivity contribution is 5.76. The largest absolute Gasteiger partial charge is 0.497 e. The molecule has 1 aliphatic heterocycles. The van der Waals surface area contributed by atoms with Crippen molar-refractivity contribution in [1.29, 1.82) is 0 Å². The molecule has 31 heavy (non-hydrogen) atoms. The number of aromatic nitrogens is 2. The molecular weight excluding hydrogens is 388 g/mol. The van der Waals surface area contributed by atoms with Crippen molar-refractivity contribution in [3.8, 4) is 5.75 Å². The minimum atomic E-state index is -0.0635. The molecule has 0 saturated carbocycles. The van der Waals surface area contributed by atoms with Gasteiger partial charge in [-0.3, -0.25) is 4.79 Å². The van der Waals surface area contributed by atoms with Crippen molar-refractivity contribution in [2.45, 2.75) is 45.3 Å². The first-order valence-corrected chi connectivity index (χ1v) is 11.2. The van der Waals surface area contributed by atoms with Gasteiger partial charge in [0.2, 0.25) is 0 Å². The quantitative estimate of drug-likeness (QED) is 0.606. The van der Waals surface area contributed by atoms with Crippen molar-refractivity contribution < 1.29 is 4.74 Å². The standard InChI is InChI=1S/C25H32N4O2/c1-3-19-4-6-20(7-5-19)17-26-21-10-12-28(13-11-21)14-15-29-24-16-22(31-2)8-9-23(24)27-18-25(29)30/h4-9,16,18,21,26H,3,10-15,17H2,1-2H3. The molecule has 6 nitrogen and oxygen atoms in total. The van der Waals surface area contributed by atoms with Gasteiger partial charge < -0.3 is 19.5 Å². The molecule has 0 bridgehead atoms. The summed E-state index contributed by atoms with van der Waals surface area (Å²) in [6, 6.07) is 15.1. The van der Waals surface area contributed by atoms with Crippen LogP contribution < -0.4 is 15.6 Å². The Labute approximate surface area is 183 Å². The van der Waals surface area contributed by atoms with E-state index < -0.39 is 0 Å². The van der Waals surface area contributed by atoms with Crippen LogP contribution in [-0.4, -0.2) is 47.2 Å². The molecule has 4 rings (SSSR count). The van der Waals surface area contributed by atoms with E-state index in [1.54, 1.807) is 7.11 Å². The molecule has 1 saturated heterocycles. The minimum Gasteiger partial charge on any atom is -0.497 e. The molecule has 164 valence electrons. The molecule has 6 heteroatoms. The fourth-order valence-corrected chi connectivity index (χ4v) is 4.26. The van der Waals surface area contributed by atoms with Gasteiger partial charge in [0.05, 0.1) is 24.3 Å². The maximum absolute atomic E-state index is 12.4. The van der Waals surface area contributed by atoms with Gasteiger partial charge in [-0.2, -0.15) is 0 Å². The summed E-state index contributed by atoms with van der Waals surface area (Å²) in [7, 11) is 1.64. The molecule has 2 aromatic carbocycles. The van der Waals surface area contributed by atoms with Crippen LogP contribution in [0.25, 0.3) is 11.0 Å². The van der Waals surface area contributed by atoms with E-state index in [-0.39, 0.29) is 5.56 Å². The van der Waals surface area contributed by atoms with E-state index in [1.807, 2.05) is 22.8 Å². The summed E-state index contributed by atoms with van der Waals surface area (Å²) < 4.78 is 7.14. The van der Waals surface area contributed by atoms with Crippen LogP contribution in [0.5, 0.6) is 5.75 Å². The van der Waals surface area contributed by atoms with Gasteiger partial charge in [-0.25, -0.2) is 4.98 Å². The zero-order valence-electron chi connectivity index (χ0n) is 18.5. The number of piperidine rings is 1. The van der Waals surface area contributed by atoms with E-state index in [9.17, 15) is 4.79 Å². The van der Waals surface area contributed by atoms with Gasteiger partial charge in [0.1, 0.15) is 5.75 Å². The number of hydrogen-bond donors (Lipinski definition) is 1. The van der Waals surface area contributed by atoms with Gasteiger partial charge >= 0.3 is 0 Å². The Bertz CT molecular complexity index is 1050. The Balaban J connectivity index is 1.29. The van der Waals surface area contributed by atoms with Crippen molar-refractivity contribution in [2.24, 2.45) is 0 Å². The van der Waals surface area contributed by atoms with E-state index in [1.165, 1.54) is 17.3 Å². The molecule has 2 heterocycles. The highest BCUT2D eigenvalue weighted by atomic mass is 16.5. The first-order chi connectivity index (χ1) is 15.2. The second-order valence-electron chi connectivity index (χ2n) is 8.27. The molecule has 0 aliphatic carbocycles. The fourth-order valence-electron chi connectivity index (χ4n) is 4.26. The van der Waals surface area contributed by atoms with E-state index in [0.717, 1.165) is 62.2 Å². The normalized spacial score (nSPS) is 15.4. The SMILES string of the molecule is CCc1ccc(CNC2CCN(CCn3c(=O)cnc4ccc(OC)cc43)CC2)cc1. The molecule has 1 N–H and O–H groups in total. The monoisotopic (exact) mass is 420 g/mol. The van der Waals surface area contributed by atoms with Crippen LogP contribution in [-0.2, 0) is 19.5 Å². The number of likely N-dealkylation sites (tertiary alicyclic amines) is 1. The maximum Gasteiger partial charge on any atom is 0.269 e. The van der Waals surface area contributed by atoms with Crippen molar-refractivity contribution in [3.63, 3.8) is 0 Å². The van der Waals surface area contributed by atoms with E-state index in [2.05, 4.69) is 46.4 Å². The van der Waals surface area contributed by atoms with Crippen molar-refractivity contribution in [3.05, 3.63) is 70.1 Å². The third-order valence-corrected chi connectivity index (χ3v) is 6.31. The zero-order valence-corrected chi connectivity index (χ0v) is 18.5. The molecule has 0 unspecified atom stereocenters. The molecule has 1 aromatic heterocycles. The number of methoxy groups -OCH3 is 1. The van der Waals surface area contributed by atoms with Crippen LogP contribution in [0.1, 0.15) is 30.9 Å². The van der Waals surface area contributed by atoms with Crippen LogP contribution in [0.3, 0.4) is 0 Å². The summed E-state index contributed by atoms with van der Waals surface area (Å²) in [6.45, 7) is 6.73. The minimum absolute atomic E-state index is 0.0635. The van der Waals surface area contributed by atoms with Gasteiger partial charge in [0.25, 0.3) is 5.56 Å². The van der Waals surface area contributed by atoms with Crippen LogP contribution >= 0.6 is 0 Å². The lowest BCUT2D eigenvalue weighted by Crippen LogP contribution is -2.43. The number of fused-ring (bicyclic) bond motifs is 1. The summed E-state index contributed by atoms with van der Waals surface area (Å²) in [5.41, 5.74) is 4.31. The maximum atomic E-state index is 12.4. The van der Waals surface area contributed by atoms with Gasteiger partial charge in [0, 0.05) is 31.7 Å².